The third-order valence-corrected chi connectivity index (χ3v) is 4.46. The van der Waals surface area contributed by atoms with E-state index < -0.39 is 54.1 Å². The van der Waals surface area contributed by atoms with Crippen molar-refractivity contribution in [3.8, 4) is 5.75 Å². The van der Waals surface area contributed by atoms with E-state index in [1.54, 1.807) is 0 Å². The van der Waals surface area contributed by atoms with Crippen LogP contribution in [0.2, 0.25) is 0 Å². The van der Waals surface area contributed by atoms with Gasteiger partial charge in [0.2, 0.25) is 5.78 Å². The number of benzene rings is 2. The third-order valence-electron chi connectivity index (χ3n) is 3.59. The minimum Gasteiger partial charge on any atom is -0.506 e. The van der Waals surface area contributed by atoms with Crippen LogP contribution < -0.4 is 0 Å². The van der Waals surface area contributed by atoms with Gasteiger partial charge in [0.25, 0.3) is 15.8 Å². The number of hydrogen-bond acceptors (Lipinski definition) is 7. The van der Waals surface area contributed by atoms with E-state index in [0.717, 1.165) is 0 Å². The SMILES string of the molecule is O=C1c2ccccc2C(=O)c2c(O)c(S(=O)(=O)O)cc([N+](=O)[O-])c21. The molecule has 24 heavy (non-hydrogen) atoms. The summed E-state index contributed by atoms with van der Waals surface area (Å²) in [6.45, 7) is 0. The van der Waals surface area contributed by atoms with Gasteiger partial charge in [0.15, 0.2) is 5.78 Å². The molecular weight excluding hydrogens is 342 g/mol. The Hall–Kier alpha value is -3.11. The van der Waals surface area contributed by atoms with Crippen molar-refractivity contribution in [1.29, 1.82) is 0 Å². The molecule has 9 nitrogen and oxygen atoms in total. The Bertz CT molecular complexity index is 1050. The van der Waals surface area contributed by atoms with Crippen LogP contribution in [0.25, 0.3) is 0 Å². The largest absolute Gasteiger partial charge is 0.506 e. The van der Waals surface area contributed by atoms with E-state index in [-0.39, 0.29) is 11.1 Å². The molecule has 10 heteroatoms. The standard InChI is InChI=1S/C14H7NO8S/c16-12-6-3-1-2-4-7(6)13(17)11-10(12)8(15(19)20)5-9(14(11)18)24(21,22)23/h1-5,18H,(H,21,22,23). The third kappa shape index (κ3) is 2.08. The summed E-state index contributed by atoms with van der Waals surface area (Å²) in [5, 5.41) is 21.3. The van der Waals surface area contributed by atoms with E-state index in [1.165, 1.54) is 24.3 Å². The Labute approximate surface area is 134 Å². The van der Waals surface area contributed by atoms with Crippen molar-refractivity contribution in [2.45, 2.75) is 4.90 Å². The zero-order valence-electron chi connectivity index (χ0n) is 11.6. The van der Waals surface area contributed by atoms with Gasteiger partial charge in [-0.1, -0.05) is 24.3 Å². The van der Waals surface area contributed by atoms with Crippen molar-refractivity contribution in [1.82, 2.24) is 0 Å². The fraction of sp³-hybridized carbons (Fsp3) is 0. The van der Waals surface area contributed by atoms with E-state index in [9.17, 15) is 33.2 Å². The van der Waals surface area contributed by atoms with Crippen LogP contribution in [0.3, 0.4) is 0 Å². The summed E-state index contributed by atoms with van der Waals surface area (Å²) < 4.78 is 31.8. The topological polar surface area (TPSA) is 152 Å². The fourth-order valence-electron chi connectivity index (χ4n) is 2.57. The normalized spacial score (nSPS) is 13.4. The minimum absolute atomic E-state index is 0.0999. The van der Waals surface area contributed by atoms with Crippen LogP contribution in [-0.4, -0.2) is 34.6 Å². The van der Waals surface area contributed by atoms with E-state index in [4.69, 9.17) is 4.55 Å². The van der Waals surface area contributed by atoms with E-state index in [1.807, 2.05) is 0 Å². The van der Waals surface area contributed by atoms with Gasteiger partial charge >= 0.3 is 0 Å². The van der Waals surface area contributed by atoms with E-state index in [2.05, 4.69) is 0 Å². The maximum Gasteiger partial charge on any atom is 0.298 e. The molecule has 1 aliphatic rings. The molecule has 2 N–H and O–H groups in total. The van der Waals surface area contributed by atoms with Crippen LogP contribution in [0.5, 0.6) is 5.75 Å². The van der Waals surface area contributed by atoms with Gasteiger partial charge < -0.3 is 5.11 Å². The number of rotatable bonds is 2. The summed E-state index contributed by atoms with van der Waals surface area (Å²) >= 11 is 0. The fourth-order valence-corrected chi connectivity index (χ4v) is 3.18. The molecule has 2 aromatic rings. The first-order chi connectivity index (χ1) is 11.1. The van der Waals surface area contributed by atoms with E-state index in [0.29, 0.717) is 6.07 Å². The molecule has 0 saturated carbocycles. The molecule has 0 saturated heterocycles. The Morgan fingerprint density at radius 2 is 1.50 bits per heavy atom. The van der Waals surface area contributed by atoms with Gasteiger partial charge in [-0.25, -0.2) is 0 Å². The molecule has 0 fully saturated rings. The number of nitro benzene ring substituents is 1. The number of carbonyl (C=O) groups is 2. The van der Waals surface area contributed by atoms with Crippen LogP contribution in [-0.2, 0) is 10.1 Å². The second kappa shape index (κ2) is 4.94. The first kappa shape index (κ1) is 15.8. The molecule has 0 aliphatic heterocycles. The van der Waals surface area contributed by atoms with Crippen LogP contribution in [0.4, 0.5) is 5.69 Å². The number of phenolic OH excluding ortho intramolecular Hbond substituents is 1. The lowest BCUT2D eigenvalue weighted by Gasteiger charge is -2.19. The van der Waals surface area contributed by atoms with Gasteiger partial charge in [0.1, 0.15) is 16.2 Å². The number of hydrogen-bond donors (Lipinski definition) is 2. The van der Waals surface area contributed by atoms with Gasteiger partial charge in [-0.15, -0.1) is 0 Å². The molecular formula is C14H7NO8S. The van der Waals surface area contributed by atoms with Gasteiger partial charge in [-0.3, -0.25) is 24.3 Å². The lowest BCUT2D eigenvalue weighted by Crippen LogP contribution is -2.23. The number of carbonyl (C=O) groups excluding carboxylic acids is 2. The number of ketones is 2. The summed E-state index contributed by atoms with van der Waals surface area (Å²) in [6.07, 6.45) is 0. The smallest absolute Gasteiger partial charge is 0.298 e. The predicted octanol–water partition coefficient (Wildman–Crippen LogP) is 1.32. The Balaban J connectivity index is 2.50. The van der Waals surface area contributed by atoms with Crippen molar-refractivity contribution in [2.24, 2.45) is 0 Å². The Morgan fingerprint density at radius 1 is 1.00 bits per heavy atom. The van der Waals surface area contributed by atoms with Crippen LogP contribution in [0, 0.1) is 10.1 Å². The molecule has 0 aromatic heterocycles. The van der Waals surface area contributed by atoms with Crippen molar-refractivity contribution < 1.29 is 32.6 Å². The Kier molecular flexibility index (Phi) is 3.25. The zero-order valence-corrected chi connectivity index (χ0v) is 12.4. The molecule has 3 rings (SSSR count). The molecule has 0 heterocycles. The summed E-state index contributed by atoms with van der Waals surface area (Å²) in [5.74, 6) is -3.05. The van der Waals surface area contributed by atoms with Crippen molar-refractivity contribution in [2.75, 3.05) is 0 Å². The van der Waals surface area contributed by atoms with Crippen LogP contribution >= 0.6 is 0 Å². The lowest BCUT2D eigenvalue weighted by molar-refractivity contribution is -0.385. The highest BCUT2D eigenvalue weighted by molar-refractivity contribution is 7.86. The molecule has 0 unspecified atom stereocenters. The number of aromatic hydroxyl groups is 1. The van der Waals surface area contributed by atoms with E-state index >= 15 is 0 Å². The molecule has 1 aliphatic carbocycles. The first-order valence-electron chi connectivity index (χ1n) is 6.35. The highest BCUT2D eigenvalue weighted by Crippen LogP contribution is 2.41. The van der Waals surface area contributed by atoms with Gasteiger partial charge in [0, 0.05) is 17.2 Å². The predicted molar refractivity (Wildman–Crippen MR) is 77.9 cm³/mol. The molecule has 0 atom stereocenters. The summed E-state index contributed by atoms with van der Waals surface area (Å²) in [7, 11) is -5.06. The second-order valence-corrected chi connectivity index (χ2v) is 6.32. The lowest BCUT2D eigenvalue weighted by atomic mass is 9.83. The minimum atomic E-state index is -5.06. The quantitative estimate of drug-likeness (QED) is 0.399. The maximum absolute atomic E-state index is 12.5. The molecule has 0 radical (unpaired) electrons. The number of fused-ring (bicyclic) bond motifs is 2. The van der Waals surface area contributed by atoms with Crippen molar-refractivity contribution in [3.05, 3.63) is 62.7 Å². The first-order valence-corrected chi connectivity index (χ1v) is 7.79. The molecule has 2 aromatic carbocycles. The molecule has 0 spiro atoms. The highest BCUT2D eigenvalue weighted by Gasteiger charge is 2.40. The average Bonchev–Trinajstić information content (AvgIpc) is 2.50. The van der Waals surface area contributed by atoms with Crippen LogP contribution in [0.15, 0.2) is 35.2 Å². The number of nitrogens with zero attached hydrogens (tertiary/aromatic N) is 1. The maximum atomic E-state index is 12.5. The van der Waals surface area contributed by atoms with Crippen LogP contribution in [0.1, 0.15) is 31.8 Å². The second-order valence-electron chi connectivity index (χ2n) is 4.93. The number of phenols is 1. The monoisotopic (exact) mass is 349 g/mol. The van der Waals surface area contributed by atoms with Crippen molar-refractivity contribution >= 4 is 27.4 Å². The molecule has 122 valence electrons. The zero-order chi connectivity index (χ0) is 17.8. The molecule has 0 bridgehead atoms. The summed E-state index contributed by atoms with van der Waals surface area (Å²) in [4.78, 5) is 34.0. The summed E-state index contributed by atoms with van der Waals surface area (Å²) in [6, 6.07) is 5.79. The average molecular weight is 349 g/mol. The van der Waals surface area contributed by atoms with Crippen molar-refractivity contribution in [3.63, 3.8) is 0 Å². The summed E-state index contributed by atoms with van der Waals surface area (Å²) in [5.41, 5.74) is -2.76. The highest BCUT2D eigenvalue weighted by atomic mass is 32.2. The number of nitro groups is 1. The van der Waals surface area contributed by atoms with Gasteiger partial charge in [0.05, 0.1) is 10.5 Å². The molecule has 0 amide bonds. The Morgan fingerprint density at radius 3 is 1.96 bits per heavy atom. The van der Waals surface area contributed by atoms with Gasteiger partial charge in [-0.05, 0) is 0 Å². The van der Waals surface area contributed by atoms with Gasteiger partial charge in [-0.2, -0.15) is 8.42 Å².